The SMILES string of the molecule is CC/C=C\C/C=C\C/C=C\CCCCCC(=O)O[C@H](COC(=O)CCCCCCC/C=C\C/C=C\CCCCC)CO[C@@H]1O[C@H](CO)[C@H](O)[C@H](O)[C@H]1O. The quantitative estimate of drug-likeness (QED) is 0.0304. The molecule has 0 aromatic carbocycles. The van der Waals surface area contributed by atoms with Crippen LogP contribution in [0.5, 0.6) is 0 Å². The molecule has 304 valence electrons. The lowest BCUT2D eigenvalue weighted by molar-refractivity contribution is -0.305. The van der Waals surface area contributed by atoms with Crippen LogP contribution >= 0.6 is 0 Å². The molecule has 1 aliphatic heterocycles. The van der Waals surface area contributed by atoms with Crippen molar-refractivity contribution in [2.24, 2.45) is 0 Å². The van der Waals surface area contributed by atoms with E-state index in [0.717, 1.165) is 77.0 Å². The van der Waals surface area contributed by atoms with Gasteiger partial charge in [0, 0.05) is 12.8 Å². The highest BCUT2D eigenvalue weighted by Crippen LogP contribution is 2.22. The molecule has 0 aliphatic carbocycles. The van der Waals surface area contributed by atoms with Crippen molar-refractivity contribution in [1.82, 2.24) is 0 Å². The summed E-state index contributed by atoms with van der Waals surface area (Å²) in [6.45, 7) is 3.21. The van der Waals surface area contributed by atoms with Gasteiger partial charge in [0.05, 0.1) is 13.2 Å². The van der Waals surface area contributed by atoms with Crippen molar-refractivity contribution in [3.63, 3.8) is 0 Å². The van der Waals surface area contributed by atoms with Gasteiger partial charge < -0.3 is 39.4 Å². The molecule has 0 unspecified atom stereocenters. The van der Waals surface area contributed by atoms with Crippen LogP contribution in [-0.2, 0) is 28.5 Å². The molecule has 0 spiro atoms. The smallest absolute Gasteiger partial charge is 0.306 e. The van der Waals surface area contributed by atoms with Crippen molar-refractivity contribution in [3.8, 4) is 0 Å². The fourth-order valence-electron chi connectivity index (χ4n) is 5.64. The van der Waals surface area contributed by atoms with Crippen LogP contribution in [-0.4, -0.2) is 89.0 Å². The van der Waals surface area contributed by atoms with E-state index in [9.17, 15) is 30.0 Å². The molecule has 0 saturated carbocycles. The Labute approximate surface area is 320 Å². The van der Waals surface area contributed by atoms with Crippen LogP contribution in [0.1, 0.15) is 142 Å². The van der Waals surface area contributed by atoms with Crippen molar-refractivity contribution in [1.29, 1.82) is 0 Å². The number of aliphatic hydroxyl groups is 4. The van der Waals surface area contributed by atoms with E-state index in [1.54, 1.807) is 0 Å². The minimum atomic E-state index is -1.60. The molecular weight excluding hydrogens is 676 g/mol. The third-order valence-corrected chi connectivity index (χ3v) is 8.89. The minimum Gasteiger partial charge on any atom is -0.462 e. The second-order valence-corrected chi connectivity index (χ2v) is 13.7. The number of rotatable bonds is 32. The fourth-order valence-corrected chi connectivity index (χ4v) is 5.64. The molecule has 4 N–H and O–H groups in total. The number of aliphatic hydroxyl groups excluding tert-OH is 4. The summed E-state index contributed by atoms with van der Waals surface area (Å²) in [5.41, 5.74) is 0. The normalized spacial score (nSPS) is 21.5. The van der Waals surface area contributed by atoms with Gasteiger partial charge in [0.25, 0.3) is 0 Å². The lowest BCUT2D eigenvalue weighted by Crippen LogP contribution is -2.59. The van der Waals surface area contributed by atoms with Gasteiger partial charge in [0.1, 0.15) is 31.0 Å². The van der Waals surface area contributed by atoms with Crippen LogP contribution in [0.15, 0.2) is 60.8 Å². The van der Waals surface area contributed by atoms with Crippen molar-refractivity contribution < 1.29 is 49.0 Å². The largest absolute Gasteiger partial charge is 0.462 e. The number of hydrogen-bond donors (Lipinski definition) is 4. The van der Waals surface area contributed by atoms with E-state index in [4.69, 9.17) is 18.9 Å². The van der Waals surface area contributed by atoms with Crippen molar-refractivity contribution in [2.45, 2.75) is 179 Å². The molecule has 1 fully saturated rings. The maximum Gasteiger partial charge on any atom is 0.306 e. The molecular formula is C43H72O10. The molecule has 10 heteroatoms. The Bertz CT molecular complexity index is 1050. The van der Waals surface area contributed by atoms with E-state index in [2.05, 4.69) is 74.6 Å². The summed E-state index contributed by atoms with van der Waals surface area (Å²) >= 11 is 0. The van der Waals surface area contributed by atoms with E-state index in [1.807, 2.05) is 0 Å². The van der Waals surface area contributed by atoms with Crippen molar-refractivity contribution >= 4 is 11.9 Å². The fraction of sp³-hybridized carbons (Fsp3) is 0.721. The van der Waals surface area contributed by atoms with Crippen LogP contribution in [0, 0.1) is 0 Å². The second kappa shape index (κ2) is 33.9. The maximum atomic E-state index is 12.7. The zero-order valence-electron chi connectivity index (χ0n) is 32.7. The Morgan fingerprint density at radius 3 is 1.70 bits per heavy atom. The Morgan fingerprint density at radius 2 is 1.11 bits per heavy atom. The van der Waals surface area contributed by atoms with E-state index >= 15 is 0 Å². The minimum absolute atomic E-state index is 0.189. The molecule has 1 heterocycles. The van der Waals surface area contributed by atoms with Gasteiger partial charge in [-0.2, -0.15) is 0 Å². The van der Waals surface area contributed by atoms with Crippen LogP contribution in [0.25, 0.3) is 0 Å². The molecule has 1 rings (SSSR count). The zero-order chi connectivity index (χ0) is 38.8. The summed E-state index contributed by atoms with van der Waals surface area (Å²) in [6, 6.07) is 0. The molecule has 1 saturated heterocycles. The number of unbranched alkanes of at least 4 members (excludes halogenated alkanes) is 11. The van der Waals surface area contributed by atoms with Gasteiger partial charge in [-0.1, -0.05) is 113 Å². The third kappa shape index (κ3) is 25.9. The number of allylic oxidation sites excluding steroid dienone is 10. The number of carbonyl (C=O) groups is 2. The van der Waals surface area contributed by atoms with Crippen LogP contribution in [0.4, 0.5) is 0 Å². The van der Waals surface area contributed by atoms with Crippen LogP contribution in [0.2, 0.25) is 0 Å². The lowest BCUT2D eigenvalue weighted by Gasteiger charge is -2.39. The summed E-state index contributed by atoms with van der Waals surface area (Å²) < 4.78 is 22.0. The van der Waals surface area contributed by atoms with E-state index in [1.165, 1.54) is 25.7 Å². The predicted molar refractivity (Wildman–Crippen MR) is 210 cm³/mol. The maximum absolute atomic E-state index is 12.7. The Hall–Kier alpha value is -2.60. The number of esters is 2. The molecule has 0 amide bonds. The Morgan fingerprint density at radius 1 is 0.604 bits per heavy atom. The summed E-state index contributed by atoms with van der Waals surface area (Å²) in [6.07, 6.45) is 32.3. The average Bonchev–Trinajstić information content (AvgIpc) is 3.15. The van der Waals surface area contributed by atoms with Gasteiger partial charge in [0.2, 0.25) is 0 Å². The van der Waals surface area contributed by atoms with E-state index in [0.29, 0.717) is 12.8 Å². The molecule has 0 radical (unpaired) electrons. The number of hydrogen-bond acceptors (Lipinski definition) is 10. The first-order valence-electron chi connectivity index (χ1n) is 20.4. The zero-order valence-corrected chi connectivity index (χ0v) is 32.7. The summed E-state index contributed by atoms with van der Waals surface area (Å²) in [5.74, 6) is -0.864. The third-order valence-electron chi connectivity index (χ3n) is 8.89. The molecule has 0 aromatic heterocycles. The standard InChI is InChI=1S/C43H72O10/c1-3-5-7-9-11-13-15-17-18-20-21-23-25-27-29-31-38(45)50-34-36(35-51-43-42(49)41(48)40(47)37(33-44)53-43)52-39(46)32-30-28-26-24-22-19-16-14-12-10-8-6-4-2/h6,8,11-14,17-19,22,36-37,40-44,47-49H,3-5,7,9-10,15-16,20-21,23-35H2,1-2H3/b8-6-,13-11-,14-12-,18-17-,22-19-/t36-,37-,40+,41+,42-,43-/m1/s1. The summed E-state index contributed by atoms with van der Waals surface area (Å²) in [4.78, 5) is 25.2. The van der Waals surface area contributed by atoms with Crippen molar-refractivity contribution in [3.05, 3.63) is 60.8 Å². The lowest BCUT2D eigenvalue weighted by atomic mass is 9.99. The highest BCUT2D eigenvalue weighted by Gasteiger charge is 2.44. The molecule has 10 nitrogen and oxygen atoms in total. The molecule has 6 atom stereocenters. The van der Waals surface area contributed by atoms with Gasteiger partial charge in [-0.15, -0.1) is 0 Å². The first-order valence-corrected chi connectivity index (χ1v) is 20.4. The molecule has 0 aromatic rings. The average molecular weight is 749 g/mol. The number of carbonyl (C=O) groups excluding carboxylic acids is 2. The molecule has 1 aliphatic rings. The van der Waals surface area contributed by atoms with Gasteiger partial charge in [-0.3, -0.25) is 9.59 Å². The highest BCUT2D eigenvalue weighted by atomic mass is 16.7. The Kier molecular flexibility index (Phi) is 31.0. The van der Waals surface area contributed by atoms with E-state index in [-0.39, 0.29) is 26.1 Å². The van der Waals surface area contributed by atoms with Crippen LogP contribution < -0.4 is 0 Å². The first-order chi connectivity index (χ1) is 25.8. The number of ether oxygens (including phenoxy) is 4. The molecule has 53 heavy (non-hydrogen) atoms. The van der Waals surface area contributed by atoms with Gasteiger partial charge >= 0.3 is 11.9 Å². The van der Waals surface area contributed by atoms with Gasteiger partial charge in [0.15, 0.2) is 12.4 Å². The highest BCUT2D eigenvalue weighted by molar-refractivity contribution is 5.70. The second-order valence-electron chi connectivity index (χ2n) is 13.7. The first kappa shape index (κ1) is 48.4. The van der Waals surface area contributed by atoms with Gasteiger partial charge in [-0.05, 0) is 77.0 Å². The summed E-state index contributed by atoms with van der Waals surface area (Å²) in [7, 11) is 0. The monoisotopic (exact) mass is 749 g/mol. The summed E-state index contributed by atoms with van der Waals surface area (Å²) in [5, 5.41) is 40.0. The predicted octanol–water partition coefficient (Wildman–Crippen LogP) is 7.88. The van der Waals surface area contributed by atoms with Crippen molar-refractivity contribution in [2.75, 3.05) is 19.8 Å². The van der Waals surface area contributed by atoms with Gasteiger partial charge in [-0.25, -0.2) is 0 Å². The van der Waals surface area contributed by atoms with Crippen LogP contribution in [0.3, 0.4) is 0 Å². The van der Waals surface area contributed by atoms with E-state index < -0.39 is 55.4 Å². The Balaban J connectivity index is 2.41. The topological polar surface area (TPSA) is 152 Å². The molecule has 0 bridgehead atoms.